The van der Waals surface area contributed by atoms with E-state index >= 15 is 0 Å². The summed E-state index contributed by atoms with van der Waals surface area (Å²) in [5, 5.41) is 10.4. The summed E-state index contributed by atoms with van der Waals surface area (Å²) in [4.78, 5) is 2.32. The maximum atomic E-state index is 10.4. The number of hydrogen-bond donors (Lipinski definition) is 1. The van der Waals surface area contributed by atoms with Gasteiger partial charge in [0.25, 0.3) is 0 Å². The minimum atomic E-state index is -0.480. The van der Waals surface area contributed by atoms with E-state index in [9.17, 15) is 5.11 Å². The average molecular weight is 341 g/mol. The molecule has 0 radical (unpaired) electrons. The first-order valence-electron chi connectivity index (χ1n) is 9.11. The Kier molecular flexibility index (Phi) is 8.13. The summed E-state index contributed by atoms with van der Waals surface area (Å²) in [7, 11) is 0. The number of aryl methyl sites for hydroxylation is 1. The van der Waals surface area contributed by atoms with Crippen molar-refractivity contribution in [1.29, 1.82) is 0 Å². The van der Waals surface area contributed by atoms with Crippen molar-refractivity contribution in [3.63, 3.8) is 0 Å². The third kappa shape index (κ3) is 7.39. The maximum Gasteiger partial charge on any atom is 0.0900 e. The predicted octanol–water partition coefficient (Wildman–Crippen LogP) is 4.03. The monoisotopic (exact) mass is 341 g/mol. The van der Waals surface area contributed by atoms with Crippen molar-refractivity contribution < 1.29 is 9.84 Å². The Bertz CT molecular complexity index is 612. The van der Waals surface area contributed by atoms with Gasteiger partial charge >= 0.3 is 0 Å². The molecule has 0 amide bonds. The van der Waals surface area contributed by atoms with E-state index in [-0.39, 0.29) is 0 Å². The molecule has 3 nitrogen and oxygen atoms in total. The summed E-state index contributed by atoms with van der Waals surface area (Å²) in [6, 6.07) is 18.5. The van der Waals surface area contributed by atoms with Crippen LogP contribution in [0.5, 0.6) is 0 Å². The van der Waals surface area contributed by atoms with E-state index in [1.165, 1.54) is 11.1 Å². The van der Waals surface area contributed by atoms with Gasteiger partial charge < -0.3 is 9.84 Å². The molecule has 0 aliphatic heterocycles. The topological polar surface area (TPSA) is 32.7 Å². The number of ether oxygens (including phenoxy) is 1. The van der Waals surface area contributed by atoms with Crippen LogP contribution in [0, 0.1) is 12.8 Å². The quantitative estimate of drug-likeness (QED) is 0.708. The largest absolute Gasteiger partial charge is 0.389 e. The van der Waals surface area contributed by atoms with Gasteiger partial charge in [0.05, 0.1) is 19.3 Å². The lowest BCUT2D eigenvalue weighted by molar-refractivity contribution is 0.00675. The lowest BCUT2D eigenvalue weighted by atomic mass is 10.1. The van der Waals surface area contributed by atoms with Gasteiger partial charge in [-0.3, -0.25) is 4.90 Å². The molecule has 0 aliphatic carbocycles. The van der Waals surface area contributed by atoms with E-state index in [2.05, 4.69) is 49.9 Å². The normalized spacial score (nSPS) is 12.7. The Labute approximate surface area is 152 Å². The fraction of sp³-hybridized carbons (Fsp3) is 0.455. The predicted molar refractivity (Wildman–Crippen MR) is 103 cm³/mol. The molecule has 0 aliphatic rings. The number of nitrogens with zero attached hydrogens (tertiary/aromatic N) is 1. The van der Waals surface area contributed by atoms with E-state index in [1.807, 2.05) is 30.3 Å². The molecule has 1 unspecified atom stereocenters. The molecule has 25 heavy (non-hydrogen) atoms. The molecular formula is C22H31NO2. The zero-order valence-electron chi connectivity index (χ0n) is 15.7. The number of benzene rings is 2. The summed E-state index contributed by atoms with van der Waals surface area (Å²) in [6.45, 7) is 9.91. The summed E-state index contributed by atoms with van der Waals surface area (Å²) >= 11 is 0. The lowest BCUT2D eigenvalue weighted by Gasteiger charge is -2.27. The second-order valence-corrected chi connectivity index (χ2v) is 7.17. The third-order valence-corrected chi connectivity index (χ3v) is 4.17. The van der Waals surface area contributed by atoms with Gasteiger partial charge in [-0.15, -0.1) is 0 Å². The molecule has 0 spiro atoms. The Balaban J connectivity index is 1.84. The van der Waals surface area contributed by atoms with Gasteiger partial charge in [0, 0.05) is 19.6 Å². The van der Waals surface area contributed by atoms with Gasteiger partial charge in [-0.2, -0.15) is 0 Å². The second-order valence-electron chi connectivity index (χ2n) is 7.17. The maximum absolute atomic E-state index is 10.4. The van der Waals surface area contributed by atoms with Crippen LogP contribution in [-0.4, -0.2) is 35.8 Å². The highest BCUT2D eigenvalue weighted by Gasteiger charge is 2.15. The molecular weight excluding hydrogens is 310 g/mol. The van der Waals surface area contributed by atoms with Gasteiger partial charge in [-0.05, 0) is 29.5 Å². The van der Waals surface area contributed by atoms with Crippen molar-refractivity contribution >= 4 is 0 Å². The van der Waals surface area contributed by atoms with Crippen LogP contribution < -0.4 is 0 Å². The summed E-state index contributed by atoms with van der Waals surface area (Å²) in [5.74, 6) is 0.557. The molecule has 3 heteroatoms. The van der Waals surface area contributed by atoms with Crippen LogP contribution in [0.2, 0.25) is 0 Å². The Hall–Kier alpha value is -1.68. The Morgan fingerprint density at radius 1 is 0.960 bits per heavy atom. The van der Waals surface area contributed by atoms with E-state index in [4.69, 9.17) is 4.74 Å². The zero-order chi connectivity index (χ0) is 18.1. The minimum Gasteiger partial charge on any atom is -0.389 e. The molecule has 1 atom stereocenters. The van der Waals surface area contributed by atoms with E-state index in [0.717, 1.165) is 18.7 Å². The van der Waals surface area contributed by atoms with Crippen molar-refractivity contribution in [3.8, 4) is 0 Å². The minimum absolute atomic E-state index is 0.358. The second kappa shape index (κ2) is 10.3. The molecule has 0 fully saturated rings. The molecule has 2 rings (SSSR count). The van der Waals surface area contributed by atoms with Crippen molar-refractivity contribution in [2.45, 2.75) is 40.0 Å². The van der Waals surface area contributed by atoms with Gasteiger partial charge in [0.2, 0.25) is 0 Å². The summed E-state index contributed by atoms with van der Waals surface area (Å²) in [5.41, 5.74) is 3.75. The van der Waals surface area contributed by atoms with Gasteiger partial charge in [-0.1, -0.05) is 68.4 Å². The first-order valence-corrected chi connectivity index (χ1v) is 9.11. The van der Waals surface area contributed by atoms with Gasteiger partial charge in [0.1, 0.15) is 0 Å². The highest BCUT2D eigenvalue weighted by Crippen LogP contribution is 2.13. The summed E-state index contributed by atoms with van der Waals surface area (Å²) in [6.07, 6.45) is -0.480. The molecule has 0 aromatic heterocycles. The van der Waals surface area contributed by atoms with Gasteiger partial charge in [-0.25, -0.2) is 0 Å². The van der Waals surface area contributed by atoms with E-state index in [0.29, 0.717) is 25.7 Å². The van der Waals surface area contributed by atoms with Crippen LogP contribution in [0.1, 0.15) is 30.5 Å². The van der Waals surface area contributed by atoms with Crippen molar-refractivity contribution in [1.82, 2.24) is 4.90 Å². The highest BCUT2D eigenvalue weighted by atomic mass is 16.5. The molecule has 1 N–H and O–H groups in total. The van der Waals surface area contributed by atoms with E-state index < -0.39 is 6.10 Å². The fourth-order valence-corrected chi connectivity index (χ4v) is 2.99. The van der Waals surface area contributed by atoms with Crippen LogP contribution in [0.15, 0.2) is 54.6 Å². The SMILES string of the molecule is Cc1ccccc1CN(CC(C)C)CC(O)COCc1ccccc1. The number of rotatable bonds is 10. The molecule has 136 valence electrons. The van der Waals surface area contributed by atoms with Crippen LogP contribution in [-0.2, 0) is 17.9 Å². The van der Waals surface area contributed by atoms with Crippen molar-refractivity contribution in [2.24, 2.45) is 5.92 Å². The summed E-state index contributed by atoms with van der Waals surface area (Å²) < 4.78 is 5.68. The van der Waals surface area contributed by atoms with Crippen molar-refractivity contribution in [3.05, 3.63) is 71.3 Å². The standard InChI is InChI=1S/C22H31NO2/c1-18(2)13-23(14-21-12-8-7-9-19(21)3)15-22(24)17-25-16-20-10-5-4-6-11-20/h4-12,18,22,24H,13-17H2,1-3H3. The Morgan fingerprint density at radius 3 is 2.32 bits per heavy atom. The molecule has 0 saturated heterocycles. The molecule has 0 heterocycles. The molecule has 0 bridgehead atoms. The van der Waals surface area contributed by atoms with Crippen LogP contribution in [0.4, 0.5) is 0 Å². The number of hydrogen-bond acceptors (Lipinski definition) is 3. The molecule has 2 aromatic carbocycles. The molecule has 0 saturated carbocycles. The number of aliphatic hydroxyl groups is 1. The fourth-order valence-electron chi connectivity index (χ4n) is 2.99. The lowest BCUT2D eigenvalue weighted by Crippen LogP contribution is -2.37. The molecule has 2 aromatic rings. The Morgan fingerprint density at radius 2 is 1.64 bits per heavy atom. The first-order chi connectivity index (χ1) is 12.0. The number of aliphatic hydroxyl groups excluding tert-OH is 1. The van der Waals surface area contributed by atoms with Crippen LogP contribution >= 0.6 is 0 Å². The first kappa shape index (κ1) is 19.6. The zero-order valence-corrected chi connectivity index (χ0v) is 15.7. The van der Waals surface area contributed by atoms with E-state index in [1.54, 1.807) is 0 Å². The third-order valence-electron chi connectivity index (χ3n) is 4.17. The highest BCUT2D eigenvalue weighted by molar-refractivity contribution is 5.25. The van der Waals surface area contributed by atoms with Crippen LogP contribution in [0.25, 0.3) is 0 Å². The van der Waals surface area contributed by atoms with Crippen LogP contribution in [0.3, 0.4) is 0 Å². The van der Waals surface area contributed by atoms with Crippen molar-refractivity contribution in [2.75, 3.05) is 19.7 Å². The smallest absolute Gasteiger partial charge is 0.0900 e. The average Bonchev–Trinajstić information content (AvgIpc) is 2.57. The van der Waals surface area contributed by atoms with Gasteiger partial charge in [0.15, 0.2) is 0 Å².